The summed E-state index contributed by atoms with van der Waals surface area (Å²) in [6.07, 6.45) is 2.59. The van der Waals surface area contributed by atoms with Crippen molar-refractivity contribution in [3.63, 3.8) is 0 Å². The van der Waals surface area contributed by atoms with E-state index < -0.39 is 0 Å². The number of hydrogen-bond donors (Lipinski definition) is 1. The fraction of sp³-hybridized carbons (Fsp3) is 0.381. The van der Waals surface area contributed by atoms with E-state index in [0.717, 1.165) is 28.0 Å². The Kier molecular flexibility index (Phi) is 8.22. The Hall–Kier alpha value is -2.91. The first-order chi connectivity index (χ1) is 14.7. The smallest absolute Gasteiger partial charge is 0.221 e. The Labute approximate surface area is 180 Å². The molecule has 30 heavy (non-hydrogen) atoms. The van der Waals surface area contributed by atoms with Crippen LogP contribution in [0.2, 0.25) is 0 Å². The van der Waals surface area contributed by atoms with Gasteiger partial charge in [0.1, 0.15) is 17.3 Å². The van der Waals surface area contributed by atoms with Crippen molar-refractivity contribution in [1.29, 1.82) is 0 Å². The summed E-state index contributed by atoms with van der Waals surface area (Å²) in [5.74, 6) is 2.32. The number of carbonyl (C=O) groups excluding carboxylic acids is 1. The number of hydrogen-bond acceptors (Lipinski definition) is 8. The summed E-state index contributed by atoms with van der Waals surface area (Å²) in [5.41, 5.74) is 1.08. The first-order valence-corrected chi connectivity index (χ1v) is 10.4. The van der Waals surface area contributed by atoms with E-state index in [1.54, 1.807) is 20.5 Å². The van der Waals surface area contributed by atoms with E-state index in [4.69, 9.17) is 18.9 Å². The van der Waals surface area contributed by atoms with Crippen LogP contribution in [0.4, 0.5) is 5.13 Å². The zero-order valence-corrected chi connectivity index (χ0v) is 18.0. The number of furan rings is 1. The molecule has 1 N–H and O–H groups in total. The largest absolute Gasteiger partial charge is 0.497 e. The van der Waals surface area contributed by atoms with Crippen molar-refractivity contribution in [1.82, 2.24) is 14.7 Å². The molecule has 1 amide bonds. The molecule has 0 bridgehead atoms. The lowest BCUT2D eigenvalue weighted by atomic mass is 10.1. The second-order valence-electron chi connectivity index (χ2n) is 6.62. The van der Waals surface area contributed by atoms with Gasteiger partial charge in [-0.2, -0.15) is 4.37 Å². The van der Waals surface area contributed by atoms with E-state index in [-0.39, 0.29) is 5.91 Å². The van der Waals surface area contributed by atoms with Gasteiger partial charge in [0.05, 0.1) is 26.5 Å². The fourth-order valence-corrected chi connectivity index (χ4v) is 3.57. The van der Waals surface area contributed by atoms with Gasteiger partial charge in [-0.25, -0.2) is 4.98 Å². The van der Waals surface area contributed by atoms with E-state index in [1.807, 2.05) is 41.3 Å². The maximum atomic E-state index is 12.1. The summed E-state index contributed by atoms with van der Waals surface area (Å²) >= 11 is 1.32. The quantitative estimate of drug-likeness (QED) is 0.442. The van der Waals surface area contributed by atoms with Gasteiger partial charge in [-0.1, -0.05) is 12.1 Å². The highest BCUT2D eigenvalue weighted by Crippen LogP contribution is 2.22. The lowest BCUT2D eigenvalue weighted by Gasteiger charge is -2.20. The second-order valence-corrected chi connectivity index (χ2v) is 7.35. The van der Waals surface area contributed by atoms with Gasteiger partial charge in [-0.05, 0) is 29.8 Å². The van der Waals surface area contributed by atoms with Gasteiger partial charge < -0.3 is 24.1 Å². The Morgan fingerprint density at radius 2 is 2.17 bits per heavy atom. The molecule has 0 saturated carbocycles. The van der Waals surface area contributed by atoms with Gasteiger partial charge in [-0.15, -0.1) is 0 Å². The number of nitrogens with one attached hydrogen (secondary N) is 1. The minimum Gasteiger partial charge on any atom is -0.497 e. The molecule has 0 atom stereocenters. The molecule has 3 rings (SSSR count). The van der Waals surface area contributed by atoms with Crippen molar-refractivity contribution < 1.29 is 18.7 Å². The summed E-state index contributed by atoms with van der Waals surface area (Å²) in [5, 5.41) is 3.60. The van der Waals surface area contributed by atoms with Gasteiger partial charge in [-0.3, -0.25) is 4.79 Å². The molecule has 1 aromatic carbocycles. The lowest BCUT2D eigenvalue weighted by Crippen LogP contribution is -2.32. The van der Waals surface area contributed by atoms with E-state index in [2.05, 4.69) is 9.69 Å². The van der Waals surface area contributed by atoms with Crippen LogP contribution in [0.25, 0.3) is 0 Å². The SMILES string of the molecule is COCCNC(=O)CCN(Cc1ccco1)c1nc(Cc2cccc(OC)c2)ns1. The molecule has 0 aliphatic heterocycles. The first-order valence-electron chi connectivity index (χ1n) is 9.66. The number of rotatable bonds is 12. The fourth-order valence-electron chi connectivity index (χ4n) is 2.86. The molecule has 2 heterocycles. The maximum absolute atomic E-state index is 12.1. The zero-order chi connectivity index (χ0) is 21.2. The monoisotopic (exact) mass is 430 g/mol. The van der Waals surface area contributed by atoms with Crippen LogP contribution in [0.3, 0.4) is 0 Å². The zero-order valence-electron chi connectivity index (χ0n) is 17.2. The first kappa shape index (κ1) is 21.8. The highest BCUT2D eigenvalue weighted by molar-refractivity contribution is 7.09. The summed E-state index contributed by atoms with van der Waals surface area (Å²) < 4.78 is 20.2. The number of methoxy groups -OCH3 is 2. The van der Waals surface area contributed by atoms with Crippen molar-refractivity contribution in [2.24, 2.45) is 0 Å². The number of anilines is 1. The van der Waals surface area contributed by atoms with Gasteiger partial charge >= 0.3 is 0 Å². The summed E-state index contributed by atoms with van der Waals surface area (Å²) in [6.45, 7) is 2.02. The number of benzene rings is 1. The number of nitrogens with zero attached hydrogens (tertiary/aromatic N) is 3. The Bertz CT molecular complexity index is 913. The van der Waals surface area contributed by atoms with Crippen LogP contribution in [-0.2, 0) is 22.5 Å². The second kappa shape index (κ2) is 11.3. The number of carbonyl (C=O) groups is 1. The Morgan fingerprint density at radius 3 is 2.93 bits per heavy atom. The summed E-state index contributed by atoms with van der Waals surface area (Å²) in [4.78, 5) is 18.8. The predicted molar refractivity (Wildman–Crippen MR) is 115 cm³/mol. The van der Waals surface area contributed by atoms with Gasteiger partial charge in [0, 0.05) is 44.6 Å². The van der Waals surface area contributed by atoms with E-state index in [1.165, 1.54) is 11.5 Å². The Balaban J connectivity index is 1.66. The molecule has 0 saturated heterocycles. The van der Waals surface area contributed by atoms with Crippen LogP contribution in [0, 0.1) is 0 Å². The molecule has 0 unspecified atom stereocenters. The van der Waals surface area contributed by atoms with Crippen LogP contribution in [0.1, 0.15) is 23.6 Å². The maximum Gasteiger partial charge on any atom is 0.221 e. The third-order valence-corrected chi connectivity index (χ3v) is 5.20. The summed E-state index contributed by atoms with van der Waals surface area (Å²) in [7, 11) is 3.26. The molecule has 0 fully saturated rings. The van der Waals surface area contributed by atoms with Crippen LogP contribution in [-0.4, -0.2) is 49.2 Å². The third-order valence-electron chi connectivity index (χ3n) is 4.39. The van der Waals surface area contributed by atoms with Crippen LogP contribution in [0.15, 0.2) is 47.1 Å². The standard InChI is InChI=1S/C21H26N4O4S/c1-27-12-9-22-20(26)8-10-25(15-18-7-4-11-29-18)21-23-19(24-30-21)14-16-5-3-6-17(13-16)28-2/h3-7,11,13H,8-10,12,14-15H2,1-2H3,(H,22,26). The third kappa shape index (κ3) is 6.57. The van der Waals surface area contributed by atoms with Crippen molar-refractivity contribution in [3.8, 4) is 5.75 Å². The number of amides is 1. The molecule has 0 aliphatic carbocycles. The molecule has 8 nitrogen and oxygen atoms in total. The highest BCUT2D eigenvalue weighted by atomic mass is 32.1. The number of aromatic nitrogens is 2. The molecule has 0 spiro atoms. The molecule has 160 valence electrons. The molecule has 2 aromatic heterocycles. The van der Waals surface area contributed by atoms with Crippen molar-refractivity contribution in [2.45, 2.75) is 19.4 Å². The predicted octanol–water partition coefficient (Wildman–Crippen LogP) is 2.89. The van der Waals surface area contributed by atoms with E-state index in [9.17, 15) is 4.79 Å². The molecule has 0 aliphatic rings. The molecular formula is C21H26N4O4S. The van der Waals surface area contributed by atoms with Crippen molar-refractivity contribution in [3.05, 3.63) is 59.8 Å². The molecule has 9 heteroatoms. The van der Waals surface area contributed by atoms with Gasteiger partial charge in [0.2, 0.25) is 11.0 Å². The minimum atomic E-state index is -0.0300. The van der Waals surface area contributed by atoms with Crippen LogP contribution in [0.5, 0.6) is 5.75 Å². The normalized spacial score (nSPS) is 10.7. The van der Waals surface area contributed by atoms with Crippen molar-refractivity contribution >= 4 is 22.6 Å². The average Bonchev–Trinajstić information content (AvgIpc) is 3.43. The van der Waals surface area contributed by atoms with Crippen LogP contribution >= 0.6 is 11.5 Å². The number of ether oxygens (including phenoxy) is 2. The topological polar surface area (TPSA) is 89.7 Å². The molecular weight excluding hydrogens is 404 g/mol. The molecule has 3 aromatic rings. The summed E-state index contributed by atoms with van der Waals surface area (Å²) in [6, 6.07) is 11.6. The lowest BCUT2D eigenvalue weighted by molar-refractivity contribution is -0.121. The van der Waals surface area contributed by atoms with E-state index >= 15 is 0 Å². The highest BCUT2D eigenvalue weighted by Gasteiger charge is 2.16. The average molecular weight is 431 g/mol. The Morgan fingerprint density at radius 1 is 1.27 bits per heavy atom. The van der Waals surface area contributed by atoms with E-state index in [0.29, 0.717) is 39.1 Å². The van der Waals surface area contributed by atoms with Gasteiger partial charge in [0.25, 0.3) is 0 Å². The van der Waals surface area contributed by atoms with Crippen LogP contribution < -0.4 is 15.0 Å². The minimum absolute atomic E-state index is 0.0300. The van der Waals surface area contributed by atoms with Crippen molar-refractivity contribution in [2.75, 3.05) is 38.8 Å². The van der Waals surface area contributed by atoms with Gasteiger partial charge in [0.15, 0.2) is 0 Å². The molecule has 0 radical (unpaired) electrons.